The third-order valence-corrected chi connectivity index (χ3v) is 5.02. The minimum atomic E-state index is 0.197. The molecule has 1 aliphatic carbocycles. The quantitative estimate of drug-likeness (QED) is 0.820. The van der Waals surface area contributed by atoms with Crippen molar-refractivity contribution in [1.82, 2.24) is 29.9 Å². The molecule has 1 saturated heterocycles. The normalized spacial score (nSPS) is 21.0. The summed E-state index contributed by atoms with van der Waals surface area (Å²) in [5.74, 6) is 1.03. The van der Waals surface area contributed by atoms with Gasteiger partial charge in [-0.3, -0.25) is 9.78 Å². The molecule has 0 spiro atoms. The van der Waals surface area contributed by atoms with Crippen LogP contribution < -0.4 is 4.74 Å². The maximum absolute atomic E-state index is 12.5. The monoisotopic (exact) mass is 342 g/mol. The lowest BCUT2D eigenvalue weighted by Gasteiger charge is -2.20. The zero-order valence-electron chi connectivity index (χ0n) is 14.1. The van der Waals surface area contributed by atoms with Crippen LogP contribution in [0.25, 0.3) is 0 Å². The molecule has 8 nitrogen and oxygen atoms in total. The molecule has 0 aromatic carbocycles. The SMILES string of the molecule is O=C(C1CCCC1)N1CCC(n2cc(COc3cnccn3)nn2)C1. The summed E-state index contributed by atoms with van der Waals surface area (Å²) in [5.41, 5.74) is 0.742. The number of rotatable bonds is 5. The van der Waals surface area contributed by atoms with Crippen LogP contribution in [0.4, 0.5) is 0 Å². The van der Waals surface area contributed by atoms with E-state index in [0.717, 1.165) is 38.0 Å². The third kappa shape index (κ3) is 3.62. The Bertz CT molecular complexity index is 713. The Labute approximate surface area is 146 Å². The Morgan fingerprint density at radius 1 is 1.24 bits per heavy atom. The van der Waals surface area contributed by atoms with Crippen LogP contribution in [-0.2, 0) is 11.4 Å². The predicted molar refractivity (Wildman–Crippen MR) is 88.6 cm³/mol. The predicted octanol–water partition coefficient (Wildman–Crippen LogP) is 1.61. The van der Waals surface area contributed by atoms with Crippen LogP contribution in [0.5, 0.6) is 5.88 Å². The summed E-state index contributed by atoms with van der Waals surface area (Å²) in [4.78, 5) is 22.6. The summed E-state index contributed by atoms with van der Waals surface area (Å²) in [6, 6.07) is 0.197. The standard InChI is InChI=1S/C17H22N6O2/c24-17(13-3-1-2-4-13)22-8-5-15(11-22)23-10-14(20-21-23)12-25-16-9-18-6-7-19-16/h6-7,9-10,13,15H,1-5,8,11-12H2. The molecule has 4 rings (SSSR count). The Morgan fingerprint density at radius 3 is 2.92 bits per heavy atom. The molecule has 132 valence electrons. The molecule has 3 heterocycles. The van der Waals surface area contributed by atoms with Crippen molar-refractivity contribution in [2.75, 3.05) is 13.1 Å². The van der Waals surface area contributed by atoms with Crippen molar-refractivity contribution in [2.45, 2.75) is 44.8 Å². The fourth-order valence-electron chi connectivity index (χ4n) is 3.65. The van der Waals surface area contributed by atoms with E-state index in [4.69, 9.17) is 4.74 Å². The van der Waals surface area contributed by atoms with Gasteiger partial charge in [0, 0.05) is 31.4 Å². The molecule has 2 aromatic rings. The molecule has 1 atom stereocenters. The van der Waals surface area contributed by atoms with Crippen LogP contribution in [0.1, 0.15) is 43.8 Å². The highest BCUT2D eigenvalue weighted by Gasteiger charge is 2.33. The van der Waals surface area contributed by atoms with Crippen molar-refractivity contribution in [2.24, 2.45) is 5.92 Å². The van der Waals surface area contributed by atoms with Gasteiger partial charge in [-0.1, -0.05) is 18.1 Å². The molecule has 1 aliphatic heterocycles. The second kappa shape index (κ2) is 7.16. The first-order valence-corrected chi connectivity index (χ1v) is 8.88. The van der Waals surface area contributed by atoms with Crippen LogP contribution >= 0.6 is 0 Å². The summed E-state index contributed by atoms with van der Waals surface area (Å²) in [6.07, 6.45) is 12.0. The lowest BCUT2D eigenvalue weighted by Crippen LogP contribution is -2.33. The molecule has 2 aromatic heterocycles. The maximum Gasteiger partial charge on any atom is 0.232 e. The van der Waals surface area contributed by atoms with Crippen LogP contribution in [0.2, 0.25) is 0 Å². The van der Waals surface area contributed by atoms with Gasteiger partial charge in [-0.15, -0.1) is 5.10 Å². The van der Waals surface area contributed by atoms with Crippen LogP contribution in [0.15, 0.2) is 24.8 Å². The lowest BCUT2D eigenvalue weighted by molar-refractivity contribution is -0.134. The Hall–Kier alpha value is -2.51. The van der Waals surface area contributed by atoms with Gasteiger partial charge in [0.05, 0.1) is 18.4 Å². The number of hydrogen-bond acceptors (Lipinski definition) is 6. The molecule has 0 bridgehead atoms. The van der Waals surface area contributed by atoms with E-state index >= 15 is 0 Å². The van der Waals surface area contributed by atoms with Crippen LogP contribution in [0.3, 0.4) is 0 Å². The van der Waals surface area contributed by atoms with Crippen molar-refractivity contribution in [3.63, 3.8) is 0 Å². The van der Waals surface area contributed by atoms with E-state index in [2.05, 4.69) is 20.3 Å². The van der Waals surface area contributed by atoms with Gasteiger partial charge in [-0.2, -0.15) is 0 Å². The van der Waals surface area contributed by atoms with Gasteiger partial charge in [0.25, 0.3) is 0 Å². The lowest BCUT2D eigenvalue weighted by atomic mass is 10.1. The largest absolute Gasteiger partial charge is 0.470 e. The average Bonchev–Trinajstić information content (AvgIpc) is 3.41. The molecule has 2 fully saturated rings. The number of aromatic nitrogens is 5. The fraction of sp³-hybridized carbons (Fsp3) is 0.588. The number of carbonyl (C=O) groups excluding carboxylic acids is 1. The van der Waals surface area contributed by atoms with E-state index in [0.29, 0.717) is 18.4 Å². The van der Waals surface area contributed by atoms with Gasteiger partial charge in [-0.05, 0) is 19.3 Å². The van der Waals surface area contributed by atoms with Gasteiger partial charge >= 0.3 is 0 Å². The molecule has 1 amide bonds. The molecular weight excluding hydrogens is 320 g/mol. The van der Waals surface area contributed by atoms with Gasteiger partial charge < -0.3 is 9.64 Å². The molecule has 2 aliphatic rings. The summed E-state index contributed by atoms with van der Waals surface area (Å²) >= 11 is 0. The molecule has 0 N–H and O–H groups in total. The topological polar surface area (TPSA) is 86.0 Å². The van der Waals surface area contributed by atoms with E-state index in [1.165, 1.54) is 12.8 Å². The minimum Gasteiger partial charge on any atom is -0.470 e. The highest BCUT2D eigenvalue weighted by atomic mass is 16.5. The van der Waals surface area contributed by atoms with Gasteiger partial charge in [0.2, 0.25) is 11.8 Å². The number of ether oxygens (including phenoxy) is 1. The van der Waals surface area contributed by atoms with E-state index in [-0.39, 0.29) is 12.0 Å². The number of carbonyl (C=O) groups is 1. The van der Waals surface area contributed by atoms with Gasteiger partial charge in [-0.25, -0.2) is 9.67 Å². The van der Waals surface area contributed by atoms with Gasteiger partial charge in [0.15, 0.2) is 0 Å². The Kier molecular flexibility index (Phi) is 4.58. The molecule has 1 saturated carbocycles. The Morgan fingerprint density at radius 2 is 2.12 bits per heavy atom. The second-order valence-corrected chi connectivity index (χ2v) is 6.73. The molecule has 0 radical (unpaired) electrons. The fourth-order valence-corrected chi connectivity index (χ4v) is 3.65. The molecule has 8 heteroatoms. The number of likely N-dealkylation sites (tertiary alicyclic amines) is 1. The van der Waals surface area contributed by atoms with Crippen molar-refractivity contribution in [3.05, 3.63) is 30.5 Å². The first-order chi connectivity index (χ1) is 12.3. The first kappa shape index (κ1) is 16.0. The minimum absolute atomic E-state index is 0.197. The van der Waals surface area contributed by atoms with E-state index in [9.17, 15) is 4.79 Å². The second-order valence-electron chi connectivity index (χ2n) is 6.73. The van der Waals surface area contributed by atoms with Crippen molar-refractivity contribution >= 4 is 5.91 Å². The van der Waals surface area contributed by atoms with Gasteiger partial charge in [0.1, 0.15) is 12.3 Å². The van der Waals surface area contributed by atoms with Crippen molar-refractivity contribution < 1.29 is 9.53 Å². The van der Waals surface area contributed by atoms with Crippen LogP contribution in [-0.4, -0.2) is 48.9 Å². The molecular formula is C17H22N6O2. The van der Waals surface area contributed by atoms with E-state index in [1.54, 1.807) is 18.6 Å². The first-order valence-electron chi connectivity index (χ1n) is 8.88. The summed E-state index contributed by atoms with van der Waals surface area (Å²) in [7, 11) is 0. The summed E-state index contributed by atoms with van der Waals surface area (Å²) < 4.78 is 7.40. The highest BCUT2D eigenvalue weighted by molar-refractivity contribution is 5.79. The van der Waals surface area contributed by atoms with Crippen LogP contribution in [0, 0.1) is 5.92 Å². The summed E-state index contributed by atoms with van der Waals surface area (Å²) in [5, 5.41) is 8.37. The highest BCUT2D eigenvalue weighted by Crippen LogP contribution is 2.29. The van der Waals surface area contributed by atoms with Crippen molar-refractivity contribution in [3.8, 4) is 5.88 Å². The zero-order chi connectivity index (χ0) is 17.1. The number of hydrogen-bond donors (Lipinski definition) is 0. The molecule has 1 unspecified atom stereocenters. The summed E-state index contributed by atoms with van der Waals surface area (Å²) in [6.45, 7) is 1.84. The Balaban J connectivity index is 1.32. The van der Waals surface area contributed by atoms with E-state index < -0.39 is 0 Å². The third-order valence-electron chi connectivity index (χ3n) is 5.02. The maximum atomic E-state index is 12.5. The van der Waals surface area contributed by atoms with E-state index in [1.807, 2.05) is 15.8 Å². The number of amides is 1. The zero-order valence-corrected chi connectivity index (χ0v) is 14.1. The smallest absolute Gasteiger partial charge is 0.232 e. The number of nitrogens with zero attached hydrogens (tertiary/aromatic N) is 6. The average molecular weight is 342 g/mol. The molecule has 25 heavy (non-hydrogen) atoms. The van der Waals surface area contributed by atoms with Crippen molar-refractivity contribution in [1.29, 1.82) is 0 Å².